The fraction of sp³-hybridized carbons (Fsp3) is 0.417. The second kappa shape index (κ2) is 4.80. The lowest BCUT2D eigenvalue weighted by Gasteiger charge is -2.08. The van der Waals surface area contributed by atoms with Crippen LogP contribution in [-0.2, 0) is 6.42 Å². The third-order valence-electron chi connectivity index (χ3n) is 2.25. The number of hydrogen-bond donors (Lipinski definition) is 1. The van der Waals surface area contributed by atoms with Crippen LogP contribution in [0.25, 0.3) is 5.57 Å². The standard InChI is InChI=1S/C12H18N2/c1-4-6-10-7-8-11(13)12(14-10)9(3)5-2/h7-8H,3-6,13H2,1-2H3. The van der Waals surface area contributed by atoms with E-state index in [1.807, 2.05) is 12.1 Å². The highest BCUT2D eigenvalue weighted by atomic mass is 14.8. The van der Waals surface area contributed by atoms with Crippen LogP contribution in [0.3, 0.4) is 0 Å². The molecule has 1 heterocycles. The van der Waals surface area contributed by atoms with Crippen LogP contribution in [0.2, 0.25) is 0 Å². The van der Waals surface area contributed by atoms with Crippen LogP contribution in [0.5, 0.6) is 0 Å². The molecule has 2 heteroatoms. The van der Waals surface area contributed by atoms with Gasteiger partial charge in [-0.05, 0) is 30.5 Å². The quantitative estimate of drug-likeness (QED) is 0.792. The first kappa shape index (κ1) is 10.8. The first-order chi connectivity index (χ1) is 6.69. The number of anilines is 1. The number of nitrogen functional groups attached to an aromatic ring is 1. The highest BCUT2D eigenvalue weighted by molar-refractivity contribution is 5.70. The van der Waals surface area contributed by atoms with Crippen LogP contribution in [0, 0.1) is 0 Å². The molecule has 0 spiro atoms. The fourth-order valence-electron chi connectivity index (χ4n) is 1.36. The minimum Gasteiger partial charge on any atom is -0.397 e. The van der Waals surface area contributed by atoms with E-state index in [-0.39, 0.29) is 0 Å². The third kappa shape index (κ3) is 2.34. The Labute approximate surface area is 85.9 Å². The fourth-order valence-corrected chi connectivity index (χ4v) is 1.36. The molecule has 0 aliphatic heterocycles. The second-order valence-electron chi connectivity index (χ2n) is 3.45. The third-order valence-corrected chi connectivity index (χ3v) is 2.25. The van der Waals surface area contributed by atoms with Gasteiger partial charge >= 0.3 is 0 Å². The van der Waals surface area contributed by atoms with Gasteiger partial charge in [0.25, 0.3) is 0 Å². The van der Waals surface area contributed by atoms with Crippen LogP contribution >= 0.6 is 0 Å². The second-order valence-corrected chi connectivity index (χ2v) is 3.45. The number of rotatable bonds is 4. The van der Waals surface area contributed by atoms with Crippen LogP contribution in [-0.4, -0.2) is 4.98 Å². The maximum Gasteiger partial charge on any atom is 0.0888 e. The molecular formula is C12H18N2. The average molecular weight is 190 g/mol. The van der Waals surface area contributed by atoms with Crippen LogP contribution in [0.15, 0.2) is 18.7 Å². The molecule has 76 valence electrons. The summed E-state index contributed by atoms with van der Waals surface area (Å²) in [5.41, 5.74) is 9.56. The Morgan fingerprint density at radius 3 is 2.71 bits per heavy atom. The smallest absolute Gasteiger partial charge is 0.0888 e. The average Bonchev–Trinajstić information content (AvgIpc) is 2.20. The van der Waals surface area contributed by atoms with E-state index in [9.17, 15) is 0 Å². The van der Waals surface area contributed by atoms with Crippen molar-refractivity contribution in [1.82, 2.24) is 4.98 Å². The maximum atomic E-state index is 5.84. The number of nitrogens with two attached hydrogens (primary N) is 1. The van der Waals surface area contributed by atoms with Gasteiger partial charge in [0.2, 0.25) is 0 Å². The molecule has 1 rings (SSSR count). The number of allylic oxidation sites excluding steroid dienone is 1. The molecule has 0 bridgehead atoms. The number of hydrogen-bond acceptors (Lipinski definition) is 2. The molecule has 1 aromatic heterocycles. The lowest BCUT2D eigenvalue weighted by Crippen LogP contribution is -2.00. The zero-order valence-corrected chi connectivity index (χ0v) is 9.01. The highest BCUT2D eigenvalue weighted by Gasteiger charge is 2.04. The molecule has 0 aromatic carbocycles. The molecule has 2 nitrogen and oxygen atoms in total. The van der Waals surface area contributed by atoms with Crippen molar-refractivity contribution in [3.05, 3.63) is 30.1 Å². The summed E-state index contributed by atoms with van der Waals surface area (Å²) in [5, 5.41) is 0. The van der Waals surface area contributed by atoms with Crippen LogP contribution in [0.1, 0.15) is 38.1 Å². The Bertz CT molecular complexity index is 329. The minimum atomic E-state index is 0.733. The van der Waals surface area contributed by atoms with Crippen molar-refractivity contribution in [3.8, 4) is 0 Å². The lowest BCUT2D eigenvalue weighted by atomic mass is 10.1. The normalized spacial score (nSPS) is 10.1. The molecule has 0 radical (unpaired) electrons. The first-order valence-corrected chi connectivity index (χ1v) is 5.12. The molecule has 0 unspecified atom stereocenters. The number of nitrogens with zero attached hydrogens (tertiary/aromatic N) is 1. The van der Waals surface area contributed by atoms with Gasteiger partial charge in [-0.25, -0.2) is 0 Å². The molecule has 0 saturated carbocycles. The molecule has 0 aliphatic carbocycles. The van der Waals surface area contributed by atoms with Gasteiger partial charge in [-0.1, -0.05) is 26.8 Å². The van der Waals surface area contributed by atoms with E-state index in [1.165, 1.54) is 0 Å². The van der Waals surface area contributed by atoms with Crippen molar-refractivity contribution in [2.45, 2.75) is 33.1 Å². The lowest BCUT2D eigenvalue weighted by molar-refractivity contribution is 0.879. The largest absolute Gasteiger partial charge is 0.397 e. The zero-order chi connectivity index (χ0) is 10.6. The Hall–Kier alpha value is -1.31. The van der Waals surface area contributed by atoms with E-state index in [4.69, 9.17) is 5.73 Å². The van der Waals surface area contributed by atoms with Gasteiger partial charge in [0.1, 0.15) is 0 Å². The summed E-state index contributed by atoms with van der Waals surface area (Å²) in [6.45, 7) is 8.17. The maximum absolute atomic E-state index is 5.84. The van der Waals surface area contributed by atoms with Crippen LogP contribution < -0.4 is 5.73 Å². The van der Waals surface area contributed by atoms with Crippen molar-refractivity contribution in [3.63, 3.8) is 0 Å². The van der Waals surface area contributed by atoms with Crippen LogP contribution in [0.4, 0.5) is 5.69 Å². The van der Waals surface area contributed by atoms with Gasteiger partial charge in [0.05, 0.1) is 11.4 Å². The summed E-state index contributed by atoms with van der Waals surface area (Å²) >= 11 is 0. The van der Waals surface area contributed by atoms with Gasteiger partial charge in [-0.3, -0.25) is 4.98 Å². The van der Waals surface area contributed by atoms with Gasteiger partial charge in [-0.15, -0.1) is 0 Å². The predicted molar refractivity (Wildman–Crippen MR) is 62.0 cm³/mol. The molecule has 0 fully saturated rings. The summed E-state index contributed by atoms with van der Waals surface area (Å²) < 4.78 is 0. The van der Waals surface area contributed by atoms with Crippen molar-refractivity contribution >= 4 is 11.3 Å². The van der Waals surface area contributed by atoms with Crippen molar-refractivity contribution in [2.24, 2.45) is 0 Å². The summed E-state index contributed by atoms with van der Waals surface area (Å²) in [5.74, 6) is 0. The summed E-state index contributed by atoms with van der Waals surface area (Å²) in [4.78, 5) is 4.51. The Balaban J connectivity index is 3.01. The number of pyridine rings is 1. The Morgan fingerprint density at radius 2 is 2.14 bits per heavy atom. The summed E-state index contributed by atoms with van der Waals surface area (Å²) in [6, 6.07) is 3.92. The van der Waals surface area contributed by atoms with Crippen molar-refractivity contribution in [1.29, 1.82) is 0 Å². The first-order valence-electron chi connectivity index (χ1n) is 5.12. The Kier molecular flexibility index (Phi) is 3.69. The van der Waals surface area contributed by atoms with Gasteiger partial charge in [-0.2, -0.15) is 0 Å². The molecule has 0 aliphatic rings. The SMILES string of the molecule is C=C(CC)c1nc(CCC)ccc1N. The van der Waals surface area contributed by atoms with E-state index in [1.54, 1.807) is 0 Å². The number of aryl methyl sites for hydroxylation is 1. The highest BCUT2D eigenvalue weighted by Crippen LogP contribution is 2.20. The predicted octanol–water partition coefficient (Wildman–Crippen LogP) is 3.04. The Morgan fingerprint density at radius 1 is 1.43 bits per heavy atom. The van der Waals surface area contributed by atoms with Gasteiger partial charge in [0.15, 0.2) is 0 Å². The minimum absolute atomic E-state index is 0.733. The summed E-state index contributed by atoms with van der Waals surface area (Å²) in [6.07, 6.45) is 3.01. The molecule has 2 N–H and O–H groups in total. The van der Waals surface area contributed by atoms with E-state index in [0.717, 1.165) is 41.9 Å². The van der Waals surface area contributed by atoms with Gasteiger partial charge < -0.3 is 5.73 Å². The van der Waals surface area contributed by atoms with E-state index >= 15 is 0 Å². The monoisotopic (exact) mass is 190 g/mol. The topological polar surface area (TPSA) is 38.9 Å². The molecule has 1 aromatic rings. The van der Waals surface area contributed by atoms with Gasteiger partial charge in [0, 0.05) is 5.69 Å². The molecular weight excluding hydrogens is 172 g/mol. The zero-order valence-electron chi connectivity index (χ0n) is 9.01. The summed E-state index contributed by atoms with van der Waals surface area (Å²) in [7, 11) is 0. The van der Waals surface area contributed by atoms with E-state index < -0.39 is 0 Å². The molecule has 0 saturated heterocycles. The molecule has 0 atom stereocenters. The number of aromatic nitrogens is 1. The molecule has 0 amide bonds. The van der Waals surface area contributed by atoms with Crippen molar-refractivity contribution in [2.75, 3.05) is 5.73 Å². The molecule has 14 heavy (non-hydrogen) atoms. The van der Waals surface area contributed by atoms with E-state index in [2.05, 4.69) is 25.4 Å². The van der Waals surface area contributed by atoms with Crippen molar-refractivity contribution < 1.29 is 0 Å². The van der Waals surface area contributed by atoms with E-state index in [0.29, 0.717) is 0 Å².